The lowest BCUT2D eigenvalue weighted by atomic mass is 10.1. The normalized spacial score (nSPS) is 11.1. The quantitative estimate of drug-likeness (QED) is 0.237. The second kappa shape index (κ2) is 15.1. The maximum absolute atomic E-state index is 10.5. The number of aromatic nitrogens is 1. The Hall–Kier alpha value is -1.72. The van der Waals surface area contributed by atoms with Crippen molar-refractivity contribution in [2.24, 2.45) is 0 Å². The summed E-state index contributed by atoms with van der Waals surface area (Å²) in [4.78, 5) is -0.0666. The highest BCUT2D eigenvalue weighted by molar-refractivity contribution is 7.85. The van der Waals surface area contributed by atoms with Gasteiger partial charge in [0.05, 0.1) is 4.90 Å². The van der Waals surface area contributed by atoms with E-state index in [-0.39, 0.29) is 4.90 Å². The van der Waals surface area contributed by atoms with Crippen LogP contribution < -0.4 is 4.57 Å². The summed E-state index contributed by atoms with van der Waals surface area (Å²) in [6.07, 6.45) is 18.5. The number of unbranched alkanes of at least 4 members (excludes halogenated alkanes) is 9. The van der Waals surface area contributed by atoms with Crippen LogP contribution in [0, 0.1) is 13.8 Å². The van der Waals surface area contributed by atoms with Crippen molar-refractivity contribution >= 4 is 10.1 Å². The molecular weight excluding hydrogens is 394 g/mol. The van der Waals surface area contributed by atoms with Gasteiger partial charge in [-0.2, -0.15) is 8.42 Å². The van der Waals surface area contributed by atoms with Crippen LogP contribution in [0.3, 0.4) is 0 Å². The van der Waals surface area contributed by atoms with E-state index in [0.717, 1.165) is 5.56 Å². The molecule has 0 amide bonds. The van der Waals surface area contributed by atoms with Crippen molar-refractivity contribution in [1.29, 1.82) is 0 Å². The molecule has 0 saturated heterocycles. The zero-order valence-electron chi connectivity index (χ0n) is 19.0. The number of aryl methyl sites for hydroxylation is 3. The number of hydrogen-bond donors (Lipinski definition) is 1. The molecule has 0 radical (unpaired) electrons. The van der Waals surface area contributed by atoms with Gasteiger partial charge in [-0.3, -0.25) is 4.55 Å². The summed E-state index contributed by atoms with van der Waals surface area (Å²) >= 11 is 0. The largest absolute Gasteiger partial charge is 0.294 e. The van der Waals surface area contributed by atoms with E-state index in [4.69, 9.17) is 4.55 Å². The molecule has 0 aliphatic rings. The molecule has 0 spiro atoms. The van der Waals surface area contributed by atoms with Gasteiger partial charge in [0.15, 0.2) is 12.4 Å². The SMILES string of the molecule is CCCCCCCCCCCC[n+]1ccc(C)cc1.Cc1ccc(S(=O)(=O)O)cc1. The van der Waals surface area contributed by atoms with Gasteiger partial charge in [0, 0.05) is 18.6 Å². The summed E-state index contributed by atoms with van der Waals surface area (Å²) < 4.78 is 31.9. The Balaban J connectivity index is 0.000000346. The van der Waals surface area contributed by atoms with Gasteiger partial charge in [0.1, 0.15) is 6.54 Å². The summed E-state index contributed by atoms with van der Waals surface area (Å²) in [6.45, 7) is 7.45. The highest BCUT2D eigenvalue weighted by atomic mass is 32.2. The molecule has 1 heterocycles. The Kier molecular flexibility index (Phi) is 13.3. The van der Waals surface area contributed by atoms with Crippen LogP contribution in [-0.4, -0.2) is 13.0 Å². The molecule has 0 fully saturated rings. The molecule has 0 unspecified atom stereocenters. The summed E-state index contributed by atoms with van der Waals surface area (Å²) in [7, 11) is -4.02. The van der Waals surface area contributed by atoms with E-state index in [0.29, 0.717) is 0 Å². The van der Waals surface area contributed by atoms with E-state index in [1.165, 1.54) is 88.4 Å². The fourth-order valence-electron chi connectivity index (χ4n) is 3.17. The van der Waals surface area contributed by atoms with E-state index >= 15 is 0 Å². The Bertz CT molecular complexity index is 784. The number of nitrogens with zero attached hydrogens (tertiary/aromatic N) is 1. The van der Waals surface area contributed by atoms with Gasteiger partial charge in [-0.15, -0.1) is 0 Å². The molecule has 2 aromatic rings. The van der Waals surface area contributed by atoms with Crippen LogP contribution in [-0.2, 0) is 16.7 Å². The first-order valence-corrected chi connectivity index (χ1v) is 12.8. The molecule has 30 heavy (non-hydrogen) atoms. The van der Waals surface area contributed by atoms with Crippen molar-refractivity contribution < 1.29 is 17.5 Å². The topological polar surface area (TPSA) is 58.2 Å². The minimum atomic E-state index is -4.02. The molecule has 0 saturated carbocycles. The molecule has 5 heteroatoms. The molecule has 0 aliphatic carbocycles. The number of benzene rings is 1. The lowest BCUT2D eigenvalue weighted by Crippen LogP contribution is -2.32. The third-order valence-corrected chi connectivity index (χ3v) is 6.01. The summed E-state index contributed by atoms with van der Waals surface area (Å²) in [5.41, 5.74) is 2.30. The van der Waals surface area contributed by atoms with Crippen LogP contribution in [0.2, 0.25) is 0 Å². The first kappa shape index (κ1) is 26.3. The molecule has 1 aromatic carbocycles. The standard InChI is InChI=1S/C18H32N.C7H8O3S/c1-3-4-5-6-7-8-9-10-11-12-15-19-16-13-18(2)14-17-19;1-6-2-4-7(5-3-6)11(8,9)10/h13-14,16-17H,3-12,15H2,1-2H3;2-5H,1H3,(H,8,9,10)/q+1;. The van der Waals surface area contributed by atoms with E-state index in [9.17, 15) is 8.42 Å². The van der Waals surface area contributed by atoms with Crippen molar-refractivity contribution in [3.05, 3.63) is 59.9 Å². The summed E-state index contributed by atoms with van der Waals surface area (Å²) in [5.74, 6) is 0. The summed E-state index contributed by atoms with van der Waals surface area (Å²) in [6, 6.07) is 10.4. The van der Waals surface area contributed by atoms with Crippen molar-refractivity contribution in [2.75, 3.05) is 0 Å². The maximum Gasteiger partial charge on any atom is 0.294 e. The predicted octanol–water partition coefficient (Wildman–Crippen LogP) is 6.45. The van der Waals surface area contributed by atoms with Crippen molar-refractivity contribution in [3.63, 3.8) is 0 Å². The van der Waals surface area contributed by atoms with E-state index < -0.39 is 10.1 Å². The van der Waals surface area contributed by atoms with Crippen LogP contribution >= 0.6 is 0 Å². The van der Waals surface area contributed by atoms with E-state index in [1.807, 2.05) is 6.92 Å². The van der Waals surface area contributed by atoms with Crippen molar-refractivity contribution in [2.45, 2.75) is 96.4 Å². The van der Waals surface area contributed by atoms with Gasteiger partial charge in [-0.1, -0.05) is 76.0 Å². The Morgan fingerprint density at radius 2 is 1.13 bits per heavy atom. The second-order valence-electron chi connectivity index (χ2n) is 8.08. The zero-order chi connectivity index (χ0) is 22.2. The van der Waals surface area contributed by atoms with Crippen LogP contribution in [0.1, 0.15) is 82.3 Å². The number of pyridine rings is 1. The lowest BCUT2D eigenvalue weighted by Gasteiger charge is -2.01. The zero-order valence-corrected chi connectivity index (χ0v) is 19.8. The molecule has 1 N–H and O–H groups in total. The minimum Gasteiger partial charge on any atom is -0.282 e. The molecule has 4 nitrogen and oxygen atoms in total. The maximum atomic E-state index is 10.5. The molecule has 0 atom stereocenters. The third-order valence-electron chi connectivity index (χ3n) is 5.15. The Labute approximate surface area is 184 Å². The van der Waals surface area contributed by atoms with Gasteiger partial charge in [-0.25, -0.2) is 4.57 Å². The number of hydrogen-bond acceptors (Lipinski definition) is 2. The molecular formula is C25H40NO3S+. The Morgan fingerprint density at radius 3 is 1.60 bits per heavy atom. The van der Waals surface area contributed by atoms with Crippen LogP contribution in [0.5, 0.6) is 0 Å². The number of rotatable bonds is 12. The molecule has 0 aliphatic heterocycles. The van der Waals surface area contributed by atoms with Crippen LogP contribution in [0.4, 0.5) is 0 Å². The van der Waals surface area contributed by atoms with E-state index in [2.05, 4.69) is 42.9 Å². The molecule has 2 rings (SSSR count). The summed E-state index contributed by atoms with van der Waals surface area (Å²) in [5, 5.41) is 0. The first-order chi connectivity index (χ1) is 14.3. The Morgan fingerprint density at radius 1 is 0.700 bits per heavy atom. The monoisotopic (exact) mass is 434 g/mol. The highest BCUT2D eigenvalue weighted by Crippen LogP contribution is 2.10. The van der Waals surface area contributed by atoms with Crippen LogP contribution in [0.25, 0.3) is 0 Å². The van der Waals surface area contributed by atoms with Gasteiger partial charge >= 0.3 is 0 Å². The molecule has 0 bridgehead atoms. The third kappa shape index (κ3) is 12.8. The van der Waals surface area contributed by atoms with Crippen molar-refractivity contribution in [3.8, 4) is 0 Å². The molecule has 1 aromatic heterocycles. The minimum absolute atomic E-state index is 0.0666. The van der Waals surface area contributed by atoms with E-state index in [1.54, 1.807) is 12.1 Å². The smallest absolute Gasteiger partial charge is 0.282 e. The molecule has 168 valence electrons. The average molecular weight is 435 g/mol. The van der Waals surface area contributed by atoms with Gasteiger partial charge < -0.3 is 0 Å². The van der Waals surface area contributed by atoms with Crippen molar-refractivity contribution in [1.82, 2.24) is 0 Å². The van der Waals surface area contributed by atoms with Gasteiger partial charge in [0.2, 0.25) is 0 Å². The second-order valence-corrected chi connectivity index (χ2v) is 9.50. The lowest BCUT2D eigenvalue weighted by molar-refractivity contribution is -0.697. The van der Waals surface area contributed by atoms with Gasteiger partial charge in [0.25, 0.3) is 10.1 Å². The average Bonchev–Trinajstić information content (AvgIpc) is 2.71. The van der Waals surface area contributed by atoms with Crippen LogP contribution in [0.15, 0.2) is 53.7 Å². The highest BCUT2D eigenvalue weighted by Gasteiger charge is 2.06. The van der Waals surface area contributed by atoms with Gasteiger partial charge in [-0.05, 0) is 38.0 Å². The first-order valence-electron chi connectivity index (χ1n) is 11.3. The predicted molar refractivity (Wildman–Crippen MR) is 124 cm³/mol. The fraction of sp³-hybridized carbons (Fsp3) is 0.560. The fourth-order valence-corrected chi connectivity index (χ4v) is 3.65.